The van der Waals surface area contributed by atoms with Crippen molar-refractivity contribution in [2.45, 2.75) is 6.42 Å². The van der Waals surface area contributed by atoms with Gasteiger partial charge in [0.25, 0.3) is 0 Å². The lowest BCUT2D eigenvalue weighted by Crippen LogP contribution is -2.24. The fraction of sp³-hybridized carbons (Fsp3) is 0.273. The summed E-state index contributed by atoms with van der Waals surface area (Å²) >= 11 is 0. The molecule has 1 saturated heterocycles. The zero-order chi connectivity index (χ0) is 10.8. The fourth-order valence-corrected chi connectivity index (χ4v) is 1.66. The minimum Gasteiger partial charge on any atom is -0.311 e. The van der Waals surface area contributed by atoms with Gasteiger partial charge in [-0.25, -0.2) is 4.39 Å². The fourth-order valence-electron chi connectivity index (χ4n) is 1.66. The van der Waals surface area contributed by atoms with E-state index in [1.807, 2.05) is 0 Å². The quantitative estimate of drug-likeness (QED) is 0.698. The van der Waals surface area contributed by atoms with E-state index in [9.17, 15) is 9.18 Å². The Hall–Kier alpha value is -1.89. The van der Waals surface area contributed by atoms with Gasteiger partial charge in [-0.15, -0.1) is 0 Å². The van der Waals surface area contributed by atoms with Gasteiger partial charge in [-0.1, -0.05) is 0 Å². The molecule has 1 aromatic rings. The van der Waals surface area contributed by atoms with E-state index in [-0.39, 0.29) is 24.1 Å². The molecule has 1 atom stereocenters. The number of anilines is 1. The number of halogens is 1. The molecule has 1 fully saturated rings. The number of carbonyl (C=O) groups is 1. The third-order valence-electron chi connectivity index (χ3n) is 2.45. The highest BCUT2D eigenvalue weighted by Crippen LogP contribution is 2.24. The van der Waals surface area contributed by atoms with Crippen LogP contribution in [0.1, 0.15) is 6.42 Å². The molecule has 0 N–H and O–H groups in total. The maximum atomic E-state index is 12.7. The molecule has 0 spiro atoms. The maximum absolute atomic E-state index is 12.7. The molecule has 0 bridgehead atoms. The van der Waals surface area contributed by atoms with E-state index >= 15 is 0 Å². The third-order valence-corrected chi connectivity index (χ3v) is 2.45. The predicted molar refractivity (Wildman–Crippen MR) is 52.5 cm³/mol. The van der Waals surface area contributed by atoms with Crippen LogP contribution in [0, 0.1) is 23.1 Å². The summed E-state index contributed by atoms with van der Waals surface area (Å²) in [5, 5.41) is 8.70. The minimum atomic E-state index is -0.331. The van der Waals surface area contributed by atoms with Crippen molar-refractivity contribution in [3.05, 3.63) is 30.1 Å². The molecule has 1 amide bonds. The summed E-state index contributed by atoms with van der Waals surface area (Å²) in [7, 11) is 0. The monoisotopic (exact) mass is 204 g/mol. The lowest BCUT2D eigenvalue weighted by atomic mass is 10.1. The standard InChI is InChI=1S/C11H9FN2O/c12-9-1-3-10(4-2-9)14-7-8(6-13)5-11(14)15/h1-4,8H,5,7H2/t8-/m1/s1. The second-order valence-corrected chi connectivity index (χ2v) is 3.51. The van der Waals surface area contributed by atoms with Gasteiger partial charge in [0.15, 0.2) is 0 Å². The molecule has 0 radical (unpaired) electrons. The number of amides is 1. The number of hydrogen-bond donors (Lipinski definition) is 0. The van der Waals surface area contributed by atoms with Gasteiger partial charge in [-0.2, -0.15) is 5.26 Å². The van der Waals surface area contributed by atoms with E-state index in [2.05, 4.69) is 6.07 Å². The summed E-state index contributed by atoms with van der Waals surface area (Å²) in [6, 6.07) is 7.78. The number of carbonyl (C=O) groups excluding carboxylic acids is 1. The molecule has 76 valence electrons. The van der Waals surface area contributed by atoms with Crippen LogP contribution < -0.4 is 4.90 Å². The van der Waals surface area contributed by atoms with Crippen LogP contribution in [0.15, 0.2) is 24.3 Å². The van der Waals surface area contributed by atoms with E-state index in [0.717, 1.165) is 0 Å². The molecular formula is C11H9FN2O. The van der Waals surface area contributed by atoms with Crippen LogP contribution in [0.2, 0.25) is 0 Å². The van der Waals surface area contributed by atoms with Gasteiger partial charge in [0.1, 0.15) is 5.82 Å². The van der Waals surface area contributed by atoms with Gasteiger partial charge < -0.3 is 4.90 Å². The molecule has 1 heterocycles. The van der Waals surface area contributed by atoms with Gasteiger partial charge in [0.05, 0.1) is 12.0 Å². The molecule has 1 aliphatic heterocycles. The summed E-state index contributed by atoms with van der Waals surface area (Å²) in [6.45, 7) is 0.404. The molecule has 0 unspecified atom stereocenters. The number of rotatable bonds is 1. The van der Waals surface area contributed by atoms with Crippen molar-refractivity contribution in [3.8, 4) is 6.07 Å². The van der Waals surface area contributed by atoms with Crippen molar-refractivity contribution in [1.82, 2.24) is 0 Å². The molecule has 1 aliphatic rings. The summed E-state index contributed by atoms with van der Waals surface area (Å²) < 4.78 is 12.7. The average Bonchev–Trinajstić information content (AvgIpc) is 2.61. The Kier molecular flexibility index (Phi) is 2.38. The first-order valence-electron chi connectivity index (χ1n) is 4.66. The summed E-state index contributed by atoms with van der Waals surface area (Å²) in [5.74, 6) is -0.655. The van der Waals surface area contributed by atoms with Crippen molar-refractivity contribution in [2.75, 3.05) is 11.4 Å². The van der Waals surface area contributed by atoms with Crippen LogP contribution in [0.3, 0.4) is 0 Å². The van der Waals surface area contributed by atoms with E-state index in [4.69, 9.17) is 5.26 Å². The highest BCUT2D eigenvalue weighted by Gasteiger charge is 2.30. The van der Waals surface area contributed by atoms with E-state index in [1.54, 1.807) is 12.1 Å². The smallest absolute Gasteiger partial charge is 0.228 e. The Morgan fingerprint density at radius 1 is 1.40 bits per heavy atom. The zero-order valence-electron chi connectivity index (χ0n) is 7.98. The van der Waals surface area contributed by atoms with Crippen LogP contribution in [0.4, 0.5) is 10.1 Å². The second-order valence-electron chi connectivity index (χ2n) is 3.51. The van der Waals surface area contributed by atoms with Crippen molar-refractivity contribution < 1.29 is 9.18 Å². The molecule has 2 rings (SSSR count). The first-order chi connectivity index (χ1) is 7.20. The van der Waals surface area contributed by atoms with Crippen LogP contribution in [-0.2, 0) is 4.79 Å². The highest BCUT2D eigenvalue weighted by molar-refractivity contribution is 5.96. The van der Waals surface area contributed by atoms with Crippen LogP contribution in [-0.4, -0.2) is 12.5 Å². The maximum Gasteiger partial charge on any atom is 0.228 e. The van der Waals surface area contributed by atoms with Gasteiger partial charge in [-0.05, 0) is 24.3 Å². The van der Waals surface area contributed by atoms with Gasteiger partial charge in [0, 0.05) is 18.7 Å². The molecule has 4 heteroatoms. The van der Waals surface area contributed by atoms with E-state index < -0.39 is 0 Å². The van der Waals surface area contributed by atoms with Crippen LogP contribution in [0.5, 0.6) is 0 Å². The number of hydrogen-bond acceptors (Lipinski definition) is 2. The van der Waals surface area contributed by atoms with Gasteiger partial charge >= 0.3 is 0 Å². The normalized spacial score (nSPS) is 20.4. The summed E-state index contributed by atoms with van der Waals surface area (Å²) in [4.78, 5) is 13.0. The number of benzene rings is 1. The Morgan fingerprint density at radius 2 is 2.07 bits per heavy atom. The van der Waals surface area contributed by atoms with Crippen molar-refractivity contribution in [3.63, 3.8) is 0 Å². The molecule has 0 saturated carbocycles. The van der Waals surface area contributed by atoms with Crippen molar-refractivity contribution >= 4 is 11.6 Å². The van der Waals surface area contributed by atoms with Gasteiger partial charge in [0.2, 0.25) is 5.91 Å². The Bertz CT molecular complexity index is 421. The molecule has 0 aliphatic carbocycles. The lowest BCUT2D eigenvalue weighted by Gasteiger charge is -2.15. The van der Waals surface area contributed by atoms with Crippen molar-refractivity contribution in [2.24, 2.45) is 5.92 Å². The minimum absolute atomic E-state index is 0.0758. The summed E-state index contributed by atoms with van der Waals surface area (Å²) in [6.07, 6.45) is 0.258. The zero-order valence-corrected chi connectivity index (χ0v) is 7.98. The predicted octanol–water partition coefficient (Wildman–Crippen LogP) is 1.70. The van der Waals surface area contributed by atoms with Crippen LogP contribution in [0.25, 0.3) is 0 Å². The second kappa shape index (κ2) is 3.70. The number of nitriles is 1. The topological polar surface area (TPSA) is 44.1 Å². The Balaban J connectivity index is 2.22. The Morgan fingerprint density at radius 3 is 2.60 bits per heavy atom. The third kappa shape index (κ3) is 1.82. The Labute approximate surface area is 86.7 Å². The first-order valence-corrected chi connectivity index (χ1v) is 4.66. The average molecular weight is 204 g/mol. The highest BCUT2D eigenvalue weighted by atomic mass is 19.1. The molecule has 3 nitrogen and oxygen atoms in total. The van der Waals surface area contributed by atoms with Gasteiger partial charge in [-0.3, -0.25) is 4.79 Å². The lowest BCUT2D eigenvalue weighted by molar-refractivity contribution is -0.117. The SMILES string of the molecule is N#C[C@H]1CC(=O)N(c2ccc(F)cc2)C1. The molecule has 0 aromatic heterocycles. The van der Waals surface area contributed by atoms with E-state index in [0.29, 0.717) is 12.2 Å². The largest absolute Gasteiger partial charge is 0.311 e. The molecular weight excluding hydrogens is 195 g/mol. The summed E-state index contributed by atoms with van der Waals surface area (Å²) in [5.41, 5.74) is 0.652. The van der Waals surface area contributed by atoms with Crippen molar-refractivity contribution in [1.29, 1.82) is 5.26 Å². The van der Waals surface area contributed by atoms with Crippen LogP contribution >= 0.6 is 0 Å². The van der Waals surface area contributed by atoms with E-state index in [1.165, 1.54) is 17.0 Å². The first kappa shape index (κ1) is 9.66. The molecule has 1 aromatic carbocycles. The number of nitrogens with zero attached hydrogens (tertiary/aromatic N) is 2. The molecule has 15 heavy (non-hydrogen) atoms.